The van der Waals surface area contributed by atoms with E-state index in [0.29, 0.717) is 17.0 Å². The minimum absolute atomic E-state index is 0.239. The number of thiazole rings is 1. The number of hydrogen-bond donors (Lipinski definition) is 2. The Kier molecular flexibility index (Phi) is 6.34. The summed E-state index contributed by atoms with van der Waals surface area (Å²) in [6.45, 7) is 4.35. The Morgan fingerprint density at radius 3 is 2.33 bits per heavy atom. The number of carboxylic acids is 1. The highest BCUT2D eigenvalue weighted by atomic mass is 32.1. The Hall–Kier alpha value is -1.68. The molecule has 1 amide bonds. The van der Waals surface area contributed by atoms with E-state index in [9.17, 15) is 27.9 Å². The summed E-state index contributed by atoms with van der Waals surface area (Å²) in [6, 6.07) is -0.507. The van der Waals surface area contributed by atoms with Gasteiger partial charge in [0.25, 0.3) is 0 Å². The molecule has 0 bridgehead atoms. The van der Waals surface area contributed by atoms with Crippen LogP contribution in [0.4, 0.5) is 13.2 Å². The fourth-order valence-electron chi connectivity index (χ4n) is 2.05. The molecule has 136 valence electrons. The van der Waals surface area contributed by atoms with Crippen LogP contribution in [0, 0.1) is 6.92 Å². The zero-order valence-electron chi connectivity index (χ0n) is 13.4. The molecular weight excluding hydrogens is 349 g/mol. The van der Waals surface area contributed by atoms with E-state index in [0.717, 1.165) is 4.90 Å². The molecule has 0 aromatic carbocycles. The second kappa shape index (κ2) is 7.47. The van der Waals surface area contributed by atoms with Gasteiger partial charge in [-0.15, -0.1) is 11.3 Å². The molecule has 6 nitrogen and oxygen atoms in total. The van der Waals surface area contributed by atoms with Crippen LogP contribution in [0.5, 0.6) is 0 Å². The van der Waals surface area contributed by atoms with E-state index in [-0.39, 0.29) is 6.54 Å². The lowest BCUT2D eigenvalue weighted by Gasteiger charge is -2.32. The van der Waals surface area contributed by atoms with Crippen molar-refractivity contribution < 1.29 is 33.0 Å². The first-order chi connectivity index (χ1) is 10.9. The van der Waals surface area contributed by atoms with Gasteiger partial charge < -0.3 is 15.1 Å². The lowest BCUT2D eigenvalue weighted by molar-refractivity contribution is -0.268. The predicted molar refractivity (Wildman–Crippen MR) is 80.5 cm³/mol. The lowest BCUT2D eigenvalue weighted by Crippen LogP contribution is -2.48. The third-order valence-electron chi connectivity index (χ3n) is 3.36. The van der Waals surface area contributed by atoms with Crippen LogP contribution in [0.25, 0.3) is 0 Å². The molecule has 0 aliphatic carbocycles. The fraction of sp³-hybridized carbons (Fsp3) is 0.643. The van der Waals surface area contributed by atoms with Gasteiger partial charge in [0.1, 0.15) is 5.01 Å². The van der Waals surface area contributed by atoms with E-state index in [4.69, 9.17) is 5.11 Å². The maximum absolute atomic E-state index is 13.4. The van der Waals surface area contributed by atoms with Crippen LogP contribution in [-0.4, -0.2) is 50.7 Å². The van der Waals surface area contributed by atoms with E-state index in [2.05, 4.69) is 4.98 Å². The summed E-state index contributed by atoms with van der Waals surface area (Å²) in [4.78, 5) is 27.6. The molecule has 1 rings (SSSR count). The number of aliphatic carboxylic acids is 1. The third kappa shape index (κ3) is 4.67. The molecule has 1 aromatic heterocycles. The van der Waals surface area contributed by atoms with Crippen molar-refractivity contribution >= 4 is 23.2 Å². The Balaban J connectivity index is 3.09. The highest BCUT2D eigenvalue weighted by Gasteiger charge is 2.58. The Labute approximate surface area is 140 Å². The van der Waals surface area contributed by atoms with E-state index >= 15 is 0 Å². The molecule has 0 spiro atoms. The maximum Gasteiger partial charge on any atom is 0.424 e. The summed E-state index contributed by atoms with van der Waals surface area (Å²) in [6.07, 6.45) is -6.74. The Bertz CT molecular complexity index is 603. The van der Waals surface area contributed by atoms with Crippen molar-refractivity contribution in [3.63, 3.8) is 0 Å². The van der Waals surface area contributed by atoms with Crippen molar-refractivity contribution in [1.82, 2.24) is 9.88 Å². The van der Waals surface area contributed by atoms with Crippen molar-refractivity contribution in [3.05, 3.63) is 16.1 Å². The van der Waals surface area contributed by atoms with Gasteiger partial charge in [0.05, 0.1) is 12.8 Å². The van der Waals surface area contributed by atoms with Gasteiger partial charge in [-0.1, -0.05) is 0 Å². The van der Waals surface area contributed by atoms with Crippen molar-refractivity contribution in [2.24, 2.45) is 0 Å². The average Bonchev–Trinajstić information content (AvgIpc) is 2.83. The highest BCUT2D eigenvalue weighted by molar-refractivity contribution is 7.09. The lowest BCUT2D eigenvalue weighted by atomic mass is 9.98. The smallest absolute Gasteiger partial charge is 0.424 e. The van der Waals surface area contributed by atoms with Gasteiger partial charge in [-0.05, 0) is 20.8 Å². The van der Waals surface area contributed by atoms with Crippen molar-refractivity contribution in [2.75, 3.05) is 6.54 Å². The number of halogens is 3. The number of amides is 1. The minimum atomic E-state index is -5.09. The summed E-state index contributed by atoms with van der Waals surface area (Å²) >= 11 is 0.618. The monoisotopic (exact) mass is 368 g/mol. The molecule has 0 fully saturated rings. The molecule has 0 aliphatic rings. The van der Waals surface area contributed by atoms with E-state index < -0.39 is 47.5 Å². The summed E-state index contributed by atoms with van der Waals surface area (Å²) in [7, 11) is 0. The summed E-state index contributed by atoms with van der Waals surface area (Å²) in [5.41, 5.74) is -3.10. The van der Waals surface area contributed by atoms with E-state index in [1.807, 2.05) is 0 Å². The topological polar surface area (TPSA) is 90.7 Å². The molecule has 0 aliphatic heterocycles. The van der Waals surface area contributed by atoms with E-state index in [1.165, 1.54) is 12.3 Å². The van der Waals surface area contributed by atoms with Gasteiger partial charge >= 0.3 is 12.1 Å². The standard InChI is InChI=1S/C14H19F3N2O4S/c1-8(2)19(5-4-11(21)22)10(20)6-13(23,14(15,16)17)12-18-9(3)7-24-12/h7-8,23H,4-6H2,1-3H3,(H,21,22). The highest BCUT2D eigenvalue weighted by Crippen LogP contribution is 2.43. The summed E-state index contributed by atoms with van der Waals surface area (Å²) in [5.74, 6) is -2.16. The van der Waals surface area contributed by atoms with Gasteiger partial charge in [-0.3, -0.25) is 9.59 Å². The largest absolute Gasteiger partial charge is 0.481 e. The predicted octanol–water partition coefficient (Wildman–Crippen LogP) is 2.30. The van der Waals surface area contributed by atoms with Crippen LogP contribution in [0.1, 0.15) is 37.4 Å². The Morgan fingerprint density at radius 2 is 1.96 bits per heavy atom. The maximum atomic E-state index is 13.4. The number of nitrogens with zero attached hydrogens (tertiary/aromatic N) is 2. The number of alkyl halides is 3. The van der Waals surface area contributed by atoms with Gasteiger partial charge in [-0.2, -0.15) is 13.2 Å². The number of carbonyl (C=O) groups is 2. The molecule has 0 radical (unpaired) electrons. The van der Waals surface area contributed by atoms with Crippen LogP contribution in [0.2, 0.25) is 0 Å². The molecule has 2 N–H and O–H groups in total. The zero-order chi connectivity index (χ0) is 18.7. The SMILES string of the molecule is Cc1csc(C(O)(CC(=O)N(CCC(=O)O)C(C)C)C(F)(F)F)n1. The number of carboxylic acid groups (broad SMARTS) is 1. The molecule has 1 atom stereocenters. The van der Waals surface area contributed by atoms with Crippen LogP contribution in [0.15, 0.2) is 5.38 Å². The first-order valence-corrected chi connectivity index (χ1v) is 7.99. The minimum Gasteiger partial charge on any atom is -0.481 e. The Morgan fingerprint density at radius 1 is 1.38 bits per heavy atom. The van der Waals surface area contributed by atoms with E-state index in [1.54, 1.807) is 13.8 Å². The van der Waals surface area contributed by atoms with Crippen LogP contribution in [-0.2, 0) is 15.2 Å². The third-order valence-corrected chi connectivity index (χ3v) is 4.47. The summed E-state index contributed by atoms with van der Waals surface area (Å²) < 4.78 is 40.2. The molecule has 1 unspecified atom stereocenters. The number of aromatic nitrogens is 1. The fourth-order valence-corrected chi connectivity index (χ4v) is 2.96. The first-order valence-electron chi connectivity index (χ1n) is 7.11. The van der Waals surface area contributed by atoms with Crippen molar-refractivity contribution in [3.8, 4) is 0 Å². The number of aryl methyl sites for hydroxylation is 1. The second-order valence-electron chi connectivity index (χ2n) is 5.65. The quantitative estimate of drug-likeness (QED) is 0.771. The zero-order valence-corrected chi connectivity index (χ0v) is 14.2. The molecule has 0 saturated carbocycles. The second-order valence-corrected chi connectivity index (χ2v) is 6.51. The normalized spacial score (nSPS) is 14.5. The van der Waals surface area contributed by atoms with Gasteiger partial charge in [0.15, 0.2) is 0 Å². The van der Waals surface area contributed by atoms with Crippen molar-refractivity contribution in [2.45, 2.75) is 51.4 Å². The number of carbonyl (C=O) groups excluding carboxylic acids is 1. The van der Waals surface area contributed by atoms with Gasteiger partial charge in [-0.25, -0.2) is 4.98 Å². The van der Waals surface area contributed by atoms with Crippen LogP contribution < -0.4 is 0 Å². The van der Waals surface area contributed by atoms with Gasteiger partial charge in [0, 0.05) is 23.7 Å². The van der Waals surface area contributed by atoms with Crippen LogP contribution >= 0.6 is 11.3 Å². The number of aliphatic hydroxyl groups is 1. The molecule has 24 heavy (non-hydrogen) atoms. The number of rotatable bonds is 7. The average molecular weight is 368 g/mol. The molecular formula is C14H19F3N2O4S. The molecule has 1 heterocycles. The molecule has 10 heteroatoms. The molecule has 1 aromatic rings. The van der Waals surface area contributed by atoms with Gasteiger partial charge in [0.2, 0.25) is 11.5 Å². The summed E-state index contributed by atoms with van der Waals surface area (Å²) in [5, 5.41) is 19.6. The first kappa shape index (κ1) is 20.4. The van der Waals surface area contributed by atoms with Crippen LogP contribution in [0.3, 0.4) is 0 Å². The number of hydrogen-bond acceptors (Lipinski definition) is 5. The van der Waals surface area contributed by atoms with Crippen molar-refractivity contribution in [1.29, 1.82) is 0 Å². The molecule has 0 saturated heterocycles.